The molecular formula is C20H25Cl2N5O2. The molecule has 7 nitrogen and oxygen atoms in total. The lowest BCUT2D eigenvalue weighted by molar-refractivity contribution is -0.122. The van der Waals surface area contributed by atoms with Gasteiger partial charge in [0.2, 0.25) is 5.91 Å². The molecule has 3 rings (SSSR count). The minimum atomic E-state index is -0.386. The van der Waals surface area contributed by atoms with E-state index < -0.39 is 0 Å². The first-order valence-electron chi connectivity index (χ1n) is 9.57. The highest BCUT2D eigenvalue weighted by Gasteiger charge is 2.23. The van der Waals surface area contributed by atoms with Crippen LogP contribution in [-0.4, -0.2) is 59.4 Å². The van der Waals surface area contributed by atoms with Crippen molar-refractivity contribution in [1.82, 2.24) is 20.0 Å². The third-order valence-electron chi connectivity index (χ3n) is 4.83. The first kappa shape index (κ1) is 21.6. The van der Waals surface area contributed by atoms with Gasteiger partial charge in [-0.2, -0.15) is 9.78 Å². The molecule has 2 heterocycles. The van der Waals surface area contributed by atoms with Crippen LogP contribution in [0.2, 0.25) is 10.0 Å². The molecule has 156 valence electrons. The Bertz CT molecular complexity index is 952. The Morgan fingerprint density at radius 2 is 1.90 bits per heavy atom. The minimum Gasteiger partial charge on any atom is -0.366 e. The van der Waals surface area contributed by atoms with Crippen LogP contribution in [0.4, 0.5) is 5.69 Å². The number of amides is 1. The van der Waals surface area contributed by atoms with Gasteiger partial charge in [0.15, 0.2) is 0 Å². The predicted octanol–water partition coefficient (Wildman–Crippen LogP) is 2.49. The van der Waals surface area contributed by atoms with E-state index in [4.69, 9.17) is 23.2 Å². The molecule has 0 unspecified atom stereocenters. The Morgan fingerprint density at radius 3 is 2.52 bits per heavy atom. The van der Waals surface area contributed by atoms with Crippen LogP contribution in [0, 0.1) is 6.92 Å². The van der Waals surface area contributed by atoms with Crippen molar-refractivity contribution in [3.63, 3.8) is 0 Å². The van der Waals surface area contributed by atoms with Crippen molar-refractivity contribution in [2.75, 3.05) is 37.6 Å². The summed E-state index contributed by atoms with van der Waals surface area (Å²) in [4.78, 5) is 28.8. The third-order valence-corrected chi connectivity index (χ3v) is 5.59. The number of aromatic nitrogens is 2. The number of rotatable bonds is 5. The molecule has 1 aromatic carbocycles. The van der Waals surface area contributed by atoms with Crippen molar-refractivity contribution in [3.8, 4) is 5.69 Å². The van der Waals surface area contributed by atoms with E-state index in [-0.39, 0.29) is 22.5 Å². The summed E-state index contributed by atoms with van der Waals surface area (Å²) in [6.07, 6.45) is 1.61. The molecule has 29 heavy (non-hydrogen) atoms. The zero-order valence-electron chi connectivity index (χ0n) is 16.8. The number of benzene rings is 1. The second-order valence-electron chi connectivity index (χ2n) is 7.48. The maximum atomic E-state index is 12.8. The van der Waals surface area contributed by atoms with E-state index >= 15 is 0 Å². The standard InChI is InChI=1S/C20H25Cl2N5O2/c1-13(2)24-18(28)12-25-6-8-26(9-7-25)17-11-23-27(20(29)19(17)22)15-5-4-14(3)16(21)10-15/h4-5,10-11,13H,6-9,12H2,1-3H3,(H,24,28). The van der Waals surface area contributed by atoms with Crippen LogP contribution in [-0.2, 0) is 4.79 Å². The molecule has 1 aromatic heterocycles. The van der Waals surface area contributed by atoms with Crippen LogP contribution in [0.3, 0.4) is 0 Å². The highest BCUT2D eigenvalue weighted by molar-refractivity contribution is 6.33. The number of nitrogens with one attached hydrogen (secondary N) is 1. The van der Waals surface area contributed by atoms with Gasteiger partial charge in [-0.1, -0.05) is 29.3 Å². The molecule has 0 spiro atoms. The maximum absolute atomic E-state index is 12.8. The molecule has 1 aliphatic rings. The summed E-state index contributed by atoms with van der Waals surface area (Å²) in [6.45, 7) is 8.89. The van der Waals surface area contributed by atoms with E-state index in [0.29, 0.717) is 49.1 Å². The fraction of sp³-hybridized carbons (Fsp3) is 0.450. The zero-order chi connectivity index (χ0) is 21.1. The van der Waals surface area contributed by atoms with E-state index in [2.05, 4.69) is 15.3 Å². The zero-order valence-corrected chi connectivity index (χ0v) is 18.3. The Balaban J connectivity index is 1.71. The maximum Gasteiger partial charge on any atom is 0.292 e. The molecule has 1 N–H and O–H groups in total. The van der Waals surface area contributed by atoms with Crippen molar-refractivity contribution in [2.24, 2.45) is 0 Å². The summed E-state index contributed by atoms with van der Waals surface area (Å²) in [5.41, 5.74) is 1.71. The number of anilines is 1. The van der Waals surface area contributed by atoms with Crippen LogP contribution >= 0.6 is 23.2 Å². The van der Waals surface area contributed by atoms with Gasteiger partial charge in [-0.05, 0) is 38.5 Å². The number of aryl methyl sites for hydroxylation is 1. The molecule has 0 aliphatic carbocycles. The molecule has 1 aliphatic heterocycles. The summed E-state index contributed by atoms with van der Waals surface area (Å²) in [5.74, 6) is 0.0208. The van der Waals surface area contributed by atoms with Crippen molar-refractivity contribution in [2.45, 2.75) is 26.8 Å². The van der Waals surface area contributed by atoms with Gasteiger partial charge < -0.3 is 10.2 Å². The van der Waals surface area contributed by atoms with Crippen LogP contribution in [0.1, 0.15) is 19.4 Å². The lowest BCUT2D eigenvalue weighted by atomic mass is 10.2. The monoisotopic (exact) mass is 437 g/mol. The lowest BCUT2D eigenvalue weighted by Gasteiger charge is -2.35. The number of hydrogen-bond acceptors (Lipinski definition) is 5. The first-order valence-corrected chi connectivity index (χ1v) is 10.3. The van der Waals surface area contributed by atoms with Crippen molar-refractivity contribution in [1.29, 1.82) is 0 Å². The molecule has 9 heteroatoms. The van der Waals surface area contributed by atoms with E-state index in [1.54, 1.807) is 18.3 Å². The fourth-order valence-corrected chi connectivity index (χ4v) is 3.68. The highest BCUT2D eigenvalue weighted by atomic mass is 35.5. The lowest BCUT2D eigenvalue weighted by Crippen LogP contribution is -2.50. The van der Waals surface area contributed by atoms with Gasteiger partial charge in [0.05, 0.1) is 24.1 Å². The molecule has 0 radical (unpaired) electrons. The number of carbonyl (C=O) groups is 1. The Morgan fingerprint density at radius 1 is 1.21 bits per heavy atom. The molecule has 0 atom stereocenters. The number of piperazine rings is 1. The number of halogens is 2. The Labute approximate surface area is 180 Å². The van der Waals surface area contributed by atoms with Gasteiger partial charge in [0, 0.05) is 37.2 Å². The van der Waals surface area contributed by atoms with Gasteiger partial charge in [0.25, 0.3) is 5.56 Å². The summed E-state index contributed by atoms with van der Waals surface area (Å²) in [7, 11) is 0. The van der Waals surface area contributed by atoms with E-state index in [1.807, 2.05) is 31.7 Å². The summed E-state index contributed by atoms with van der Waals surface area (Å²) in [5, 5.41) is 7.89. The van der Waals surface area contributed by atoms with Crippen molar-refractivity contribution >= 4 is 34.8 Å². The summed E-state index contributed by atoms with van der Waals surface area (Å²) >= 11 is 12.6. The van der Waals surface area contributed by atoms with Gasteiger partial charge in [0.1, 0.15) is 5.02 Å². The molecule has 0 saturated carbocycles. The largest absolute Gasteiger partial charge is 0.366 e. The van der Waals surface area contributed by atoms with Crippen LogP contribution in [0.25, 0.3) is 5.69 Å². The van der Waals surface area contributed by atoms with Gasteiger partial charge >= 0.3 is 0 Å². The predicted molar refractivity (Wildman–Crippen MR) is 117 cm³/mol. The quantitative estimate of drug-likeness (QED) is 0.777. The number of carbonyl (C=O) groups excluding carboxylic acids is 1. The summed E-state index contributed by atoms with van der Waals surface area (Å²) < 4.78 is 1.25. The van der Waals surface area contributed by atoms with Crippen LogP contribution < -0.4 is 15.8 Å². The van der Waals surface area contributed by atoms with E-state index in [9.17, 15) is 9.59 Å². The third kappa shape index (κ3) is 5.10. The molecular weight excluding hydrogens is 413 g/mol. The first-order chi connectivity index (χ1) is 13.8. The van der Waals surface area contributed by atoms with Gasteiger partial charge in [-0.3, -0.25) is 14.5 Å². The van der Waals surface area contributed by atoms with Gasteiger partial charge in [-0.15, -0.1) is 0 Å². The second-order valence-corrected chi connectivity index (χ2v) is 8.26. The number of hydrogen-bond donors (Lipinski definition) is 1. The highest BCUT2D eigenvalue weighted by Crippen LogP contribution is 2.24. The van der Waals surface area contributed by atoms with Crippen LogP contribution in [0.5, 0.6) is 0 Å². The second kappa shape index (κ2) is 9.15. The fourth-order valence-electron chi connectivity index (χ4n) is 3.26. The normalized spacial score (nSPS) is 15.0. The molecule has 1 saturated heterocycles. The smallest absolute Gasteiger partial charge is 0.292 e. The molecule has 1 amide bonds. The van der Waals surface area contributed by atoms with E-state index in [0.717, 1.165) is 5.56 Å². The molecule has 1 fully saturated rings. The van der Waals surface area contributed by atoms with Gasteiger partial charge in [-0.25, -0.2) is 0 Å². The summed E-state index contributed by atoms with van der Waals surface area (Å²) in [6, 6.07) is 5.44. The number of nitrogens with zero attached hydrogens (tertiary/aromatic N) is 4. The topological polar surface area (TPSA) is 70.5 Å². The Hall–Kier alpha value is -2.09. The molecule has 2 aromatic rings. The Kier molecular flexibility index (Phi) is 6.82. The SMILES string of the molecule is Cc1ccc(-n2ncc(N3CCN(CC(=O)NC(C)C)CC3)c(Cl)c2=O)cc1Cl. The van der Waals surface area contributed by atoms with Crippen molar-refractivity contribution < 1.29 is 4.79 Å². The van der Waals surface area contributed by atoms with Crippen molar-refractivity contribution in [3.05, 3.63) is 50.4 Å². The minimum absolute atomic E-state index is 0.0208. The average Bonchev–Trinajstić information content (AvgIpc) is 2.66. The van der Waals surface area contributed by atoms with Crippen LogP contribution in [0.15, 0.2) is 29.2 Å². The average molecular weight is 438 g/mol. The molecule has 0 bridgehead atoms. The van der Waals surface area contributed by atoms with E-state index in [1.165, 1.54) is 4.68 Å².